The summed E-state index contributed by atoms with van der Waals surface area (Å²) >= 11 is 1.58. The fraction of sp³-hybridized carbons (Fsp3) is 0.875. The van der Waals surface area contributed by atoms with Crippen LogP contribution in [0.25, 0.3) is 0 Å². The van der Waals surface area contributed by atoms with Gasteiger partial charge in [-0.3, -0.25) is 4.79 Å². The van der Waals surface area contributed by atoms with Crippen molar-refractivity contribution in [3.05, 3.63) is 0 Å². The van der Waals surface area contributed by atoms with E-state index in [1.807, 2.05) is 0 Å². The Balaban J connectivity index is 2.71. The summed E-state index contributed by atoms with van der Waals surface area (Å²) in [5, 5.41) is 8.53. The fourth-order valence-corrected chi connectivity index (χ4v) is 2.80. The number of halogens is 3. The number of hydrogen-bond donors (Lipinski definition) is 1. The molecule has 0 amide bonds. The van der Waals surface area contributed by atoms with E-state index >= 15 is 0 Å². The zero-order valence-corrected chi connectivity index (χ0v) is 8.20. The van der Waals surface area contributed by atoms with Crippen LogP contribution in [0.4, 0.5) is 13.2 Å². The van der Waals surface area contributed by atoms with Crippen molar-refractivity contribution in [3.8, 4) is 0 Å². The zero-order valence-electron chi connectivity index (χ0n) is 7.38. The predicted molar refractivity (Wildman–Crippen MR) is 47.2 cm³/mol. The van der Waals surface area contributed by atoms with Crippen molar-refractivity contribution in [2.45, 2.75) is 19.0 Å². The Morgan fingerprint density at radius 2 is 1.86 bits per heavy atom. The molecule has 1 fully saturated rings. The van der Waals surface area contributed by atoms with Gasteiger partial charge in [0, 0.05) is 0 Å². The number of carboxylic acid groups (broad SMARTS) is 1. The van der Waals surface area contributed by atoms with Crippen LogP contribution in [0.1, 0.15) is 12.8 Å². The Morgan fingerprint density at radius 1 is 1.36 bits per heavy atom. The number of thioether (sulfide) groups is 1. The van der Waals surface area contributed by atoms with Crippen molar-refractivity contribution in [2.24, 2.45) is 11.8 Å². The summed E-state index contributed by atoms with van der Waals surface area (Å²) < 4.78 is 37.1. The molecule has 1 unspecified atom stereocenters. The Labute approximate surface area is 83.9 Å². The van der Waals surface area contributed by atoms with E-state index < -0.39 is 24.0 Å². The molecule has 1 heterocycles. The third-order valence-corrected chi connectivity index (χ3v) is 3.40. The minimum Gasteiger partial charge on any atom is -0.481 e. The third-order valence-electron chi connectivity index (χ3n) is 2.36. The highest BCUT2D eigenvalue weighted by Gasteiger charge is 2.49. The average molecular weight is 228 g/mol. The summed E-state index contributed by atoms with van der Waals surface area (Å²) in [6.45, 7) is 0. The molecule has 1 saturated heterocycles. The monoisotopic (exact) mass is 228 g/mol. The van der Waals surface area contributed by atoms with Gasteiger partial charge >= 0.3 is 12.1 Å². The lowest BCUT2D eigenvalue weighted by Gasteiger charge is -2.28. The van der Waals surface area contributed by atoms with Crippen molar-refractivity contribution in [1.29, 1.82) is 0 Å². The van der Waals surface area contributed by atoms with Gasteiger partial charge < -0.3 is 5.11 Å². The van der Waals surface area contributed by atoms with E-state index in [2.05, 4.69) is 0 Å². The van der Waals surface area contributed by atoms with Gasteiger partial charge in [0.2, 0.25) is 0 Å². The number of alkyl halides is 3. The summed E-state index contributed by atoms with van der Waals surface area (Å²) in [5.74, 6) is -3.40. The summed E-state index contributed by atoms with van der Waals surface area (Å²) in [5.41, 5.74) is 0. The van der Waals surface area contributed by atoms with Gasteiger partial charge in [0.25, 0.3) is 0 Å². The van der Waals surface area contributed by atoms with Gasteiger partial charge in [-0.25, -0.2) is 0 Å². The van der Waals surface area contributed by atoms with Crippen molar-refractivity contribution in [3.63, 3.8) is 0 Å². The van der Waals surface area contributed by atoms with E-state index in [0.29, 0.717) is 24.3 Å². The van der Waals surface area contributed by atoms with E-state index in [-0.39, 0.29) is 0 Å². The first-order chi connectivity index (χ1) is 6.43. The third kappa shape index (κ3) is 2.80. The molecule has 2 nitrogen and oxygen atoms in total. The molecule has 1 aliphatic heterocycles. The maximum atomic E-state index is 12.4. The van der Waals surface area contributed by atoms with Gasteiger partial charge in [-0.2, -0.15) is 24.9 Å². The molecule has 0 bridgehead atoms. The van der Waals surface area contributed by atoms with Gasteiger partial charge in [0.05, 0.1) is 0 Å². The molecule has 1 rings (SSSR count). The van der Waals surface area contributed by atoms with Crippen LogP contribution in [0.5, 0.6) is 0 Å². The molecule has 6 heteroatoms. The summed E-state index contributed by atoms with van der Waals surface area (Å²) in [4.78, 5) is 10.5. The minimum absolute atomic E-state index is 0.348. The molecule has 82 valence electrons. The lowest BCUT2D eigenvalue weighted by atomic mass is 9.87. The van der Waals surface area contributed by atoms with E-state index in [0.717, 1.165) is 0 Å². The van der Waals surface area contributed by atoms with E-state index in [4.69, 9.17) is 5.11 Å². The number of carboxylic acids is 1. The van der Waals surface area contributed by atoms with E-state index in [1.54, 1.807) is 11.8 Å². The number of aliphatic carboxylic acids is 1. The van der Waals surface area contributed by atoms with Crippen molar-refractivity contribution < 1.29 is 23.1 Å². The summed E-state index contributed by atoms with van der Waals surface area (Å²) in [6, 6.07) is 0. The fourth-order valence-electron chi connectivity index (χ4n) is 1.66. The topological polar surface area (TPSA) is 37.3 Å². The second-order valence-electron chi connectivity index (χ2n) is 3.31. The van der Waals surface area contributed by atoms with Crippen LogP contribution in [0.15, 0.2) is 0 Å². The molecule has 0 radical (unpaired) electrons. The highest BCUT2D eigenvalue weighted by atomic mass is 32.2. The van der Waals surface area contributed by atoms with Crippen LogP contribution >= 0.6 is 11.8 Å². The summed E-state index contributed by atoms with van der Waals surface area (Å²) in [7, 11) is 0. The molecule has 1 atom stereocenters. The van der Waals surface area contributed by atoms with Gasteiger partial charge in [-0.1, -0.05) is 0 Å². The van der Waals surface area contributed by atoms with Crippen LogP contribution in [0.2, 0.25) is 0 Å². The lowest BCUT2D eigenvalue weighted by Crippen LogP contribution is -2.38. The Kier molecular flexibility index (Phi) is 3.69. The molecule has 1 N–H and O–H groups in total. The zero-order chi connectivity index (χ0) is 10.8. The molecule has 1 aliphatic rings. The quantitative estimate of drug-likeness (QED) is 0.788. The predicted octanol–water partition coefficient (Wildman–Crippen LogP) is 2.39. The molecular weight excluding hydrogens is 217 g/mol. The van der Waals surface area contributed by atoms with Crippen LogP contribution in [-0.2, 0) is 4.79 Å². The Hall–Kier alpha value is -0.390. The van der Waals surface area contributed by atoms with Crippen LogP contribution < -0.4 is 0 Å². The summed E-state index contributed by atoms with van der Waals surface area (Å²) in [6.07, 6.45) is -3.92. The smallest absolute Gasteiger partial charge is 0.402 e. The van der Waals surface area contributed by atoms with Crippen molar-refractivity contribution in [1.82, 2.24) is 0 Å². The van der Waals surface area contributed by atoms with E-state index in [9.17, 15) is 18.0 Å². The first-order valence-electron chi connectivity index (χ1n) is 4.30. The first kappa shape index (κ1) is 11.7. The molecule has 0 spiro atoms. The molecule has 0 aromatic rings. The first-order valence-corrected chi connectivity index (χ1v) is 5.45. The number of rotatable bonds is 2. The largest absolute Gasteiger partial charge is 0.481 e. The highest BCUT2D eigenvalue weighted by Crippen LogP contribution is 2.38. The van der Waals surface area contributed by atoms with Gasteiger partial charge in [-0.05, 0) is 30.3 Å². The second kappa shape index (κ2) is 4.42. The van der Waals surface area contributed by atoms with Crippen LogP contribution in [0.3, 0.4) is 0 Å². The van der Waals surface area contributed by atoms with Crippen LogP contribution in [0, 0.1) is 11.8 Å². The maximum absolute atomic E-state index is 12.4. The highest BCUT2D eigenvalue weighted by molar-refractivity contribution is 7.99. The van der Waals surface area contributed by atoms with Gasteiger partial charge in [-0.15, -0.1) is 0 Å². The minimum atomic E-state index is -4.61. The SMILES string of the molecule is O=C(O)C(C1CCSCC1)C(F)(F)F. The molecule has 0 saturated carbocycles. The molecule has 0 aliphatic carbocycles. The molecule has 0 aromatic carbocycles. The molecule has 0 aromatic heterocycles. The lowest BCUT2D eigenvalue weighted by molar-refractivity contribution is -0.204. The normalized spacial score (nSPS) is 21.9. The maximum Gasteiger partial charge on any atom is 0.402 e. The number of hydrogen-bond acceptors (Lipinski definition) is 2. The van der Waals surface area contributed by atoms with Gasteiger partial charge in [0.1, 0.15) is 0 Å². The van der Waals surface area contributed by atoms with Crippen molar-refractivity contribution in [2.75, 3.05) is 11.5 Å². The van der Waals surface area contributed by atoms with Crippen molar-refractivity contribution >= 4 is 17.7 Å². The Bertz CT molecular complexity index is 211. The van der Waals surface area contributed by atoms with Crippen LogP contribution in [-0.4, -0.2) is 28.8 Å². The van der Waals surface area contributed by atoms with E-state index in [1.165, 1.54) is 0 Å². The second-order valence-corrected chi connectivity index (χ2v) is 4.53. The molecular formula is C8H11F3O2S. The standard InChI is InChI=1S/C8H11F3O2S/c9-8(10,11)6(7(12)13)5-1-3-14-4-2-5/h5-6H,1-4H2,(H,12,13). The molecule has 14 heavy (non-hydrogen) atoms. The number of carbonyl (C=O) groups is 1. The average Bonchev–Trinajstić information content (AvgIpc) is 2.02. The Morgan fingerprint density at radius 3 is 2.21 bits per heavy atom. The van der Waals surface area contributed by atoms with Gasteiger partial charge in [0.15, 0.2) is 5.92 Å².